The standard InChI is InChI=1S/C16H16N2O3S/c1-2-21-16(20)13-9-11-5-3-4-6-12(11)10-18(13)15(19)14-17-7-8-22-14/h3-8,13H,2,9-10H2,1H3. The molecule has 1 atom stereocenters. The molecule has 0 saturated carbocycles. The lowest BCUT2D eigenvalue weighted by Gasteiger charge is -2.34. The molecule has 1 aromatic heterocycles. The summed E-state index contributed by atoms with van der Waals surface area (Å²) in [6.45, 7) is 2.47. The zero-order valence-corrected chi connectivity index (χ0v) is 13.0. The lowest BCUT2D eigenvalue weighted by molar-refractivity contribution is -0.149. The Labute approximate surface area is 132 Å². The van der Waals surface area contributed by atoms with E-state index < -0.39 is 6.04 Å². The van der Waals surface area contributed by atoms with Crippen LogP contribution in [-0.4, -0.2) is 34.4 Å². The second-order valence-electron chi connectivity index (χ2n) is 5.01. The Balaban J connectivity index is 1.94. The van der Waals surface area contributed by atoms with Crippen molar-refractivity contribution in [3.63, 3.8) is 0 Å². The molecule has 1 aromatic carbocycles. The summed E-state index contributed by atoms with van der Waals surface area (Å²) in [5, 5.41) is 2.15. The summed E-state index contributed by atoms with van der Waals surface area (Å²) in [7, 11) is 0. The summed E-state index contributed by atoms with van der Waals surface area (Å²) < 4.78 is 5.14. The van der Waals surface area contributed by atoms with Crippen LogP contribution in [0, 0.1) is 0 Å². The number of carbonyl (C=O) groups excluding carboxylic acids is 2. The summed E-state index contributed by atoms with van der Waals surface area (Å²) in [6.07, 6.45) is 2.07. The number of hydrogen-bond donors (Lipinski definition) is 0. The highest BCUT2D eigenvalue weighted by molar-refractivity contribution is 7.11. The van der Waals surface area contributed by atoms with Crippen LogP contribution in [0.25, 0.3) is 0 Å². The van der Waals surface area contributed by atoms with Crippen LogP contribution in [0.1, 0.15) is 27.9 Å². The lowest BCUT2D eigenvalue weighted by atomic mass is 9.94. The van der Waals surface area contributed by atoms with Gasteiger partial charge in [0.1, 0.15) is 6.04 Å². The molecule has 114 valence electrons. The van der Waals surface area contributed by atoms with Gasteiger partial charge in [0.05, 0.1) is 6.61 Å². The molecule has 0 N–H and O–H groups in total. The summed E-state index contributed by atoms with van der Waals surface area (Å²) in [6, 6.07) is 7.27. The van der Waals surface area contributed by atoms with E-state index in [4.69, 9.17) is 4.74 Å². The van der Waals surface area contributed by atoms with Gasteiger partial charge in [-0.15, -0.1) is 11.3 Å². The van der Waals surface area contributed by atoms with Crippen molar-refractivity contribution in [2.24, 2.45) is 0 Å². The molecule has 2 aromatic rings. The fourth-order valence-corrected chi connectivity index (χ4v) is 3.23. The zero-order valence-electron chi connectivity index (χ0n) is 12.2. The van der Waals surface area contributed by atoms with Crippen molar-refractivity contribution in [3.8, 4) is 0 Å². The quantitative estimate of drug-likeness (QED) is 0.815. The normalized spacial score (nSPS) is 17.0. The molecule has 1 aliphatic heterocycles. The van der Waals surface area contributed by atoms with Crippen molar-refractivity contribution >= 4 is 23.2 Å². The van der Waals surface area contributed by atoms with Gasteiger partial charge in [-0.3, -0.25) is 4.79 Å². The molecule has 1 unspecified atom stereocenters. The van der Waals surface area contributed by atoms with Gasteiger partial charge < -0.3 is 9.64 Å². The highest BCUT2D eigenvalue weighted by Gasteiger charge is 2.36. The molecule has 0 spiro atoms. The highest BCUT2D eigenvalue weighted by atomic mass is 32.1. The van der Waals surface area contributed by atoms with Crippen molar-refractivity contribution < 1.29 is 14.3 Å². The van der Waals surface area contributed by atoms with Crippen molar-refractivity contribution in [2.75, 3.05) is 6.61 Å². The first-order valence-corrected chi connectivity index (χ1v) is 8.02. The number of carbonyl (C=O) groups is 2. The van der Waals surface area contributed by atoms with Crippen LogP contribution >= 0.6 is 11.3 Å². The smallest absolute Gasteiger partial charge is 0.329 e. The second-order valence-corrected chi connectivity index (χ2v) is 5.91. The summed E-state index contributed by atoms with van der Waals surface area (Å²) >= 11 is 1.28. The van der Waals surface area contributed by atoms with E-state index in [1.54, 1.807) is 23.4 Å². The fraction of sp³-hybridized carbons (Fsp3) is 0.312. The summed E-state index contributed by atoms with van der Waals surface area (Å²) in [4.78, 5) is 30.5. The van der Waals surface area contributed by atoms with Gasteiger partial charge in [-0.05, 0) is 18.1 Å². The van der Waals surface area contributed by atoms with Gasteiger partial charge in [0.25, 0.3) is 5.91 Å². The topological polar surface area (TPSA) is 59.5 Å². The number of rotatable bonds is 3. The molecule has 0 aliphatic carbocycles. The third-order valence-corrected chi connectivity index (χ3v) is 4.44. The van der Waals surface area contributed by atoms with Crippen LogP contribution < -0.4 is 0 Å². The maximum atomic E-state index is 12.7. The van der Waals surface area contributed by atoms with Gasteiger partial charge in [-0.2, -0.15) is 0 Å². The van der Waals surface area contributed by atoms with E-state index in [-0.39, 0.29) is 11.9 Å². The lowest BCUT2D eigenvalue weighted by Crippen LogP contribution is -2.49. The molecule has 1 aliphatic rings. The molecule has 0 saturated heterocycles. The SMILES string of the molecule is CCOC(=O)C1Cc2ccccc2CN1C(=O)c1nccs1. The predicted molar refractivity (Wildman–Crippen MR) is 82.6 cm³/mol. The Morgan fingerprint density at radius 3 is 2.82 bits per heavy atom. The molecule has 0 bridgehead atoms. The van der Waals surface area contributed by atoms with Gasteiger partial charge in [0.2, 0.25) is 0 Å². The zero-order chi connectivity index (χ0) is 15.5. The van der Waals surface area contributed by atoms with Gasteiger partial charge >= 0.3 is 5.97 Å². The molecule has 22 heavy (non-hydrogen) atoms. The maximum absolute atomic E-state index is 12.7. The first kappa shape index (κ1) is 14.7. The van der Waals surface area contributed by atoms with Crippen LogP contribution in [0.2, 0.25) is 0 Å². The number of ether oxygens (including phenoxy) is 1. The molecular weight excluding hydrogens is 300 g/mol. The second kappa shape index (κ2) is 6.27. The van der Waals surface area contributed by atoms with Crippen LogP contribution in [0.4, 0.5) is 0 Å². The minimum atomic E-state index is -0.591. The third kappa shape index (κ3) is 2.74. The number of amides is 1. The van der Waals surface area contributed by atoms with Crippen molar-refractivity contribution in [2.45, 2.75) is 25.9 Å². The Bertz CT molecular complexity index is 684. The number of benzene rings is 1. The third-order valence-electron chi connectivity index (χ3n) is 3.68. The number of fused-ring (bicyclic) bond motifs is 1. The summed E-state index contributed by atoms with van der Waals surface area (Å²) in [5.74, 6) is -0.579. The number of thiazole rings is 1. The van der Waals surface area contributed by atoms with Crippen molar-refractivity contribution in [3.05, 3.63) is 52.0 Å². The van der Waals surface area contributed by atoms with E-state index in [0.717, 1.165) is 11.1 Å². The molecule has 3 rings (SSSR count). The molecular formula is C16H16N2O3S. The Kier molecular flexibility index (Phi) is 4.20. The van der Waals surface area contributed by atoms with Gasteiger partial charge in [0.15, 0.2) is 5.01 Å². The van der Waals surface area contributed by atoms with E-state index in [2.05, 4.69) is 4.98 Å². The first-order chi connectivity index (χ1) is 10.7. The minimum absolute atomic E-state index is 0.220. The Morgan fingerprint density at radius 2 is 2.14 bits per heavy atom. The van der Waals surface area contributed by atoms with E-state index in [1.807, 2.05) is 24.3 Å². The van der Waals surface area contributed by atoms with Crippen molar-refractivity contribution in [1.29, 1.82) is 0 Å². The van der Waals surface area contributed by atoms with E-state index >= 15 is 0 Å². The molecule has 6 heteroatoms. The van der Waals surface area contributed by atoms with Gasteiger partial charge in [-0.25, -0.2) is 9.78 Å². The van der Waals surface area contributed by atoms with Crippen LogP contribution in [-0.2, 0) is 22.5 Å². The largest absolute Gasteiger partial charge is 0.464 e. The molecule has 2 heterocycles. The Morgan fingerprint density at radius 1 is 1.36 bits per heavy atom. The average molecular weight is 316 g/mol. The molecule has 0 radical (unpaired) electrons. The number of nitrogens with zero attached hydrogens (tertiary/aromatic N) is 2. The predicted octanol–water partition coefficient (Wildman–Crippen LogP) is 2.27. The maximum Gasteiger partial charge on any atom is 0.329 e. The van der Waals surface area contributed by atoms with E-state index in [0.29, 0.717) is 24.6 Å². The number of esters is 1. The van der Waals surface area contributed by atoms with Gasteiger partial charge in [0, 0.05) is 24.5 Å². The van der Waals surface area contributed by atoms with Crippen LogP contribution in [0.5, 0.6) is 0 Å². The van der Waals surface area contributed by atoms with Crippen LogP contribution in [0.15, 0.2) is 35.8 Å². The first-order valence-electron chi connectivity index (χ1n) is 7.14. The Hall–Kier alpha value is -2.21. The summed E-state index contributed by atoms with van der Waals surface area (Å²) in [5.41, 5.74) is 2.15. The van der Waals surface area contributed by atoms with E-state index in [1.165, 1.54) is 11.3 Å². The fourth-order valence-electron chi connectivity index (χ4n) is 2.64. The molecule has 5 nitrogen and oxygen atoms in total. The monoisotopic (exact) mass is 316 g/mol. The van der Waals surface area contributed by atoms with Crippen LogP contribution in [0.3, 0.4) is 0 Å². The van der Waals surface area contributed by atoms with E-state index in [9.17, 15) is 9.59 Å². The minimum Gasteiger partial charge on any atom is -0.464 e. The van der Waals surface area contributed by atoms with Crippen molar-refractivity contribution in [1.82, 2.24) is 9.88 Å². The molecule has 0 fully saturated rings. The highest BCUT2D eigenvalue weighted by Crippen LogP contribution is 2.26. The average Bonchev–Trinajstić information content (AvgIpc) is 3.07. The van der Waals surface area contributed by atoms with Gasteiger partial charge in [-0.1, -0.05) is 24.3 Å². The number of hydrogen-bond acceptors (Lipinski definition) is 5. The molecule has 1 amide bonds. The number of aromatic nitrogens is 1.